The van der Waals surface area contributed by atoms with E-state index in [0.717, 1.165) is 51.2 Å². The lowest BCUT2D eigenvalue weighted by Gasteiger charge is -2.28. The van der Waals surface area contributed by atoms with E-state index in [4.69, 9.17) is 4.74 Å². The van der Waals surface area contributed by atoms with Crippen molar-refractivity contribution in [3.8, 4) is 5.75 Å². The van der Waals surface area contributed by atoms with Crippen molar-refractivity contribution in [2.24, 2.45) is 17.8 Å². The summed E-state index contributed by atoms with van der Waals surface area (Å²) in [5, 5.41) is 3.34. The molecule has 4 rings (SSSR count). The number of likely N-dealkylation sites (tertiary alicyclic amines) is 1. The summed E-state index contributed by atoms with van der Waals surface area (Å²) in [5.41, 5.74) is 0. The molecule has 1 aliphatic carbocycles. The highest BCUT2D eigenvalue weighted by Gasteiger charge is 2.46. The standard InChI is InChI=1S/C18H25N3O2/c22-18(13-5-8-19-9-6-13)21-11-14-3-4-17(16(14)12-21)23-15-2-1-7-20-10-15/h1-2,7,10,13-14,16-17,19H,3-6,8-9,11-12H2/t14-,16+,17-/m1/s1. The van der Waals surface area contributed by atoms with Crippen LogP contribution < -0.4 is 10.1 Å². The predicted octanol–water partition coefficient (Wildman–Crippen LogP) is 1.70. The summed E-state index contributed by atoms with van der Waals surface area (Å²) in [5.74, 6) is 2.55. The molecular weight excluding hydrogens is 290 g/mol. The zero-order chi connectivity index (χ0) is 15.6. The highest BCUT2D eigenvalue weighted by molar-refractivity contribution is 5.79. The fourth-order valence-electron chi connectivity index (χ4n) is 4.46. The van der Waals surface area contributed by atoms with Crippen molar-refractivity contribution in [1.29, 1.82) is 0 Å². The second kappa shape index (κ2) is 6.48. The molecule has 2 saturated heterocycles. The van der Waals surface area contributed by atoms with Crippen LogP contribution in [0.4, 0.5) is 0 Å². The SMILES string of the molecule is O=C(C1CCNCC1)N1C[C@H]2CC[C@@H](Oc3cccnc3)[C@H]2C1. The predicted molar refractivity (Wildman–Crippen MR) is 87.0 cm³/mol. The van der Waals surface area contributed by atoms with E-state index in [1.165, 1.54) is 6.42 Å². The lowest BCUT2D eigenvalue weighted by Crippen LogP contribution is -2.41. The number of nitrogens with one attached hydrogen (secondary N) is 1. The maximum Gasteiger partial charge on any atom is 0.225 e. The Morgan fingerprint density at radius 2 is 2.09 bits per heavy atom. The number of fused-ring (bicyclic) bond motifs is 1. The van der Waals surface area contributed by atoms with Crippen molar-refractivity contribution in [1.82, 2.24) is 15.2 Å². The molecule has 3 heterocycles. The molecule has 2 aliphatic heterocycles. The minimum absolute atomic E-state index is 0.229. The van der Waals surface area contributed by atoms with Gasteiger partial charge in [-0.3, -0.25) is 9.78 Å². The molecule has 3 atom stereocenters. The minimum Gasteiger partial charge on any atom is -0.488 e. The molecule has 3 fully saturated rings. The van der Waals surface area contributed by atoms with Crippen LogP contribution in [0.3, 0.4) is 0 Å². The van der Waals surface area contributed by atoms with Gasteiger partial charge >= 0.3 is 0 Å². The number of nitrogens with zero attached hydrogens (tertiary/aromatic N) is 2. The average Bonchev–Trinajstić information content (AvgIpc) is 3.18. The number of carbonyl (C=O) groups excluding carboxylic acids is 1. The summed E-state index contributed by atoms with van der Waals surface area (Å²) in [7, 11) is 0. The number of hydrogen-bond donors (Lipinski definition) is 1. The van der Waals surface area contributed by atoms with Crippen LogP contribution in [0, 0.1) is 17.8 Å². The normalized spacial score (nSPS) is 31.1. The monoisotopic (exact) mass is 315 g/mol. The summed E-state index contributed by atoms with van der Waals surface area (Å²) in [4.78, 5) is 19.0. The number of rotatable bonds is 3. The van der Waals surface area contributed by atoms with Crippen molar-refractivity contribution in [3.63, 3.8) is 0 Å². The van der Waals surface area contributed by atoms with Crippen LogP contribution in [-0.2, 0) is 4.79 Å². The van der Waals surface area contributed by atoms with E-state index >= 15 is 0 Å². The largest absolute Gasteiger partial charge is 0.488 e. The van der Waals surface area contributed by atoms with Crippen LogP contribution in [0.1, 0.15) is 25.7 Å². The molecular formula is C18H25N3O2. The van der Waals surface area contributed by atoms with Gasteiger partial charge in [-0.25, -0.2) is 0 Å². The number of carbonyl (C=O) groups is 1. The van der Waals surface area contributed by atoms with Crippen molar-refractivity contribution < 1.29 is 9.53 Å². The molecule has 124 valence electrons. The van der Waals surface area contributed by atoms with Crippen LogP contribution in [0.2, 0.25) is 0 Å². The van der Waals surface area contributed by atoms with Gasteiger partial charge in [-0.05, 0) is 56.8 Å². The summed E-state index contributed by atoms with van der Waals surface area (Å²) in [6, 6.07) is 3.87. The van der Waals surface area contributed by atoms with Crippen molar-refractivity contribution in [2.75, 3.05) is 26.2 Å². The van der Waals surface area contributed by atoms with Crippen LogP contribution in [0.25, 0.3) is 0 Å². The number of pyridine rings is 1. The topological polar surface area (TPSA) is 54.5 Å². The average molecular weight is 315 g/mol. The van der Waals surface area contributed by atoms with E-state index in [-0.39, 0.29) is 12.0 Å². The van der Waals surface area contributed by atoms with Gasteiger partial charge in [0, 0.05) is 31.1 Å². The summed E-state index contributed by atoms with van der Waals surface area (Å²) < 4.78 is 6.15. The van der Waals surface area contributed by atoms with Gasteiger partial charge in [-0.15, -0.1) is 0 Å². The number of piperidine rings is 1. The maximum absolute atomic E-state index is 12.7. The molecule has 1 amide bonds. The molecule has 23 heavy (non-hydrogen) atoms. The van der Waals surface area contributed by atoms with E-state index in [1.54, 1.807) is 12.4 Å². The molecule has 0 unspecified atom stereocenters. The van der Waals surface area contributed by atoms with Crippen molar-refractivity contribution in [3.05, 3.63) is 24.5 Å². The lowest BCUT2D eigenvalue weighted by atomic mass is 9.96. The van der Waals surface area contributed by atoms with Crippen LogP contribution in [0.5, 0.6) is 5.75 Å². The van der Waals surface area contributed by atoms with Gasteiger partial charge in [0.05, 0.1) is 6.20 Å². The third kappa shape index (κ3) is 3.07. The fourth-order valence-corrected chi connectivity index (χ4v) is 4.46. The van der Waals surface area contributed by atoms with Gasteiger partial charge in [0.2, 0.25) is 5.91 Å². The third-order valence-electron chi connectivity index (χ3n) is 5.71. The Morgan fingerprint density at radius 3 is 2.87 bits per heavy atom. The quantitative estimate of drug-likeness (QED) is 0.922. The van der Waals surface area contributed by atoms with Crippen molar-refractivity contribution >= 4 is 5.91 Å². The van der Waals surface area contributed by atoms with Gasteiger partial charge < -0.3 is 15.0 Å². The van der Waals surface area contributed by atoms with E-state index in [2.05, 4.69) is 15.2 Å². The van der Waals surface area contributed by atoms with Gasteiger partial charge in [0.25, 0.3) is 0 Å². The van der Waals surface area contributed by atoms with Crippen LogP contribution in [0.15, 0.2) is 24.5 Å². The van der Waals surface area contributed by atoms with E-state index in [9.17, 15) is 4.79 Å². The summed E-state index contributed by atoms with van der Waals surface area (Å²) >= 11 is 0. The molecule has 3 aliphatic rings. The first-order valence-corrected chi connectivity index (χ1v) is 8.87. The number of ether oxygens (including phenoxy) is 1. The Hall–Kier alpha value is -1.62. The second-order valence-corrected chi connectivity index (χ2v) is 7.11. The molecule has 5 heteroatoms. The Bertz CT molecular complexity index is 544. The van der Waals surface area contributed by atoms with Crippen LogP contribution >= 0.6 is 0 Å². The summed E-state index contributed by atoms with van der Waals surface area (Å²) in [6.45, 7) is 3.76. The molecule has 1 N–H and O–H groups in total. The zero-order valence-corrected chi connectivity index (χ0v) is 13.5. The van der Waals surface area contributed by atoms with Gasteiger partial charge in [0.15, 0.2) is 0 Å². The molecule has 1 aromatic rings. The highest BCUT2D eigenvalue weighted by atomic mass is 16.5. The molecule has 1 aromatic heterocycles. The number of aromatic nitrogens is 1. The summed E-state index contributed by atoms with van der Waals surface area (Å²) in [6.07, 6.45) is 8.01. The van der Waals surface area contributed by atoms with Gasteiger partial charge in [0.1, 0.15) is 11.9 Å². The lowest BCUT2D eigenvalue weighted by molar-refractivity contribution is -0.135. The molecule has 5 nitrogen and oxygen atoms in total. The fraction of sp³-hybridized carbons (Fsp3) is 0.667. The van der Waals surface area contributed by atoms with Gasteiger partial charge in [-0.2, -0.15) is 0 Å². The molecule has 0 radical (unpaired) electrons. The number of amides is 1. The Balaban J connectivity index is 1.38. The Labute approximate surface area is 137 Å². The third-order valence-corrected chi connectivity index (χ3v) is 5.71. The first-order valence-electron chi connectivity index (χ1n) is 8.87. The molecule has 0 spiro atoms. The van der Waals surface area contributed by atoms with Gasteiger partial charge in [-0.1, -0.05) is 0 Å². The minimum atomic E-state index is 0.229. The van der Waals surface area contributed by atoms with E-state index < -0.39 is 0 Å². The molecule has 1 saturated carbocycles. The van der Waals surface area contributed by atoms with E-state index in [0.29, 0.717) is 17.7 Å². The molecule has 0 bridgehead atoms. The highest BCUT2D eigenvalue weighted by Crippen LogP contribution is 2.40. The number of hydrogen-bond acceptors (Lipinski definition) is 4. The van der Waals surface area contributed by atoms with Crippen molar-refractivity contribution in [2.45, 2.75) is 31.8 Å². The zero-order valence-electron chi connectivity index (χ0n) is 13.5. The Kier molecular flexibility index (Phi) is 4.21. The Morgan fingerprint density at radius 1 is 1.22 bits per heavy atom. The second-order valence-electron chi connectivity index (χ2n) is 7.11. The van der Waals surface area contributed by atoms with Crippen LogP contribution in [-0.4, -0.2) is 48.1 Å². The van der Waals surface area contributed by atoms with E-state index in [1.807, 2.05) is 12.1 Å². The molecule has 0 aromatic carbocycles. The first-order chi connectivity index (χ1) is 11.3. The smallest absolute Gasteiger partial charge is 0.225 e. The maximum atomic E-state index is 12.7. The first kappa shape index (κ1) is 14.9.